The number of hydrogen-bond acceptors (Lipinski definition) is 2. The molecule has 0 fully saturated rings. The first kappa shape index (κ1) is 22.4. The molecule has 0 aliphatic heterocycles. The van der Waals surface area contributed by atoms with E-state index in [4.69, 9.17) is 16.3 Å². The molecule has 28 heavy (non-hydrogen) atoms. The fraction of sp³-hybridized carbons (Fsp3) is 0.400. The number of aliphatic hydroxyl groups is 1. The molecule has 8 heteroatoms. The minimum absolute atomic E-state index is 0.0481. The van der Waals surface area contributed by atoms with Crippen molar-refractivity contribution in [2.24, 2.45) is 0 Å². The average molecular weight is 423 g/mol. The first-order chi connectivity index (χ1) is 12.8. The van der Waals surface area contributed by atoms with Crippen molar-refractivity contribution < 1.29 is 31.8 Å². The summed E-state index contributed by atoms with van der Waals surface area (Å²) in [6.07, 6.45) is -6.96. The molecule has 0 heterocycles. The number of rotatable bonds is 6. The summed E-state index contributed by atoms with van der Waals surface area (Å²) < 4.78 is 74.5. The molecule has 0 aliphatic carbocycles. The first-order valence-electron chi connectivity index (χ1n) is 8.37. The van der Waals surface area contributed by atoms with Crippen LogP contribution in [0.15, 0.2) is 36.4 Å². The molecule has 0 saturated heterocycles. The van der Waals surface area contributed by atoms with E-state index >= 15 is 0 Å². The molecule has 0 saturated carbocycles. The van der Waals surface area contributed by atoms with Crippen LogP contribution < -0.4 is 4.74 Å². The van der Waals surface area contributed by atoms with Gasteiger partial charge in [0.25, 0.3) is 0 Å². The summed E-state index contributed by atoms with van der Waals surface area (Å²) in [6, 6.07) is 7.08. The molecule has 2 aromatic rings. The number of halogens is 6. The van der Waals surface area contributed by atoms with Gasteiger partial charge in [0.1, 0.15) is 5.82 Å². The number of hydrogen-bond donors (Lipinski definition) is 1. The molecule has 154 valence electrons. The molecule has 2 aromatic carbocycles. The van der Waals surface area contributed by atoms with E-state index in [1.165, 1.54) is 39.2 Å². The van der Waals surface area contributed by atoms with Crippen LogP contribution in [0.4, 0.5) is 22.0 Å². The van der Waals surface area contributed by atoms with E-state index in [0.29, 0.717) is 0 Å². The van der Waals surface area contributed by atoms with Crippen LogP contribution in [0.25, 0.3) is 0 Å². The highest BCUT2D eigenvalue weighted by atomic mass is 35.5. The average Bonchev–Trinajstić information content (AvgIpc) is 2.56. The summed E-state index contributed by atoms with van der Waals surface area (Å²) in [6.45, 7) is 2.85. The third kappa shape index (κ3) is 4.58. The predicted octanol–water partition coefficient (Wildman–Crippen LogP) is 5.83. The number of para-hydroxylation sites is 1. The van der Waals surface area contributed by atoms with Crippen LogP contribution in [-0.2, 0) is 11.8 Å². The van der Waals surface area contributed by atoms with E-state index in [-0.39, 0.29) is 21.9 Å². The highest BCUT2D eigenvalue weighted by molar-refractivity contribution is 6.30. The van der Waals surface area contributed by atoms with Crippen molar-refractivity contribution >= 4 is 11.6 Å². The van der Waals surface area contributed by atoms with Crippen LogP contribution in [0, 0.1) is 11.6 Å². The number of alkyl halides is 3. The summed E-state index contributed by atoms with van der Waals surface area (Å²) >= 11 is 5.76. The normalized spacial score (nSPS) is 14.6. The maximum absolute atomic E-state index is 14.0. The Morgan fingerprint density at radius 3 is 2.25 bits per heavy atom. The van der Waals surface area contributed by atoms with E-state index in [1.807, 2.05) is 0 Å². The highest BCUT2D eigenvalue weighted by Gasteiger charge is 2.56. The second kappa shape index (κ2) is 7.87. The van der Waals surface area contributed by atoms with Gasteiger partial charge in [-0.05, 0) is 41.7 Å². The van der Waals surface area contributed by atoms with Crippen LogP contribution in [0.2, 0.25) is 5.02 Å². The fourth-order valence-corrected chi connectivity index (χ4v) is 3.53. The Morgan fingerprint density at radius 1 is 1.04 bits per heavy atom. The van der Waals surface area contributed by atoms with Crippen molar-refractivity contribution in [1.29, 1.82) is 0 Å². The molecule has 1 unspecified atom stereocenters. The lowest BCUT2D eigenvalue weighted by molar-refractivity contribution is -0.266. The second-order valence-electron chi connectivity index (χ2n) is 7.32. The molecule has 0 aliphatic rings. The molecule has 0 radical (unpaired) electrons. The lowest BCUT2D eigenvalue weighted by atomic mass is 9.72. The van der Waals surface area contributed by atoms with E-state index in [1.54, 1.807) is 0 Å². The Kier molecular flexibility index (Phi) is 6.31. The van der Waals surface area contributed by atoms with Crippen molar-refractivity contribution in [2.45, 2.75) is 43.9 Å². The predicted molar refractivity (Wildman–Crippen MR) is 96.7 cm³/mol. The molecule has 0 amide bonds. The molecule has 1 atom stereocenters. The van der Waals surface area contributed by atoms with Gasteiger partial charge in [0, 0.05) is 17.0 Å². The monoisotopic (exact) mass is 422 g/mol. The molecule has 0 spiro atoms. The van der Waals surface area contributed by atoms with Crippen molar-refractivity contribution in [1.82, 2.24) is 0 Å². The van der Waals surface area contributed by atoms with Gasteiger partial charge in [-0.2, -0.15) is 13.2 Å². The zero-order valence-electron chi connectivity index (χ0n) is 15.5. The van der Waals surface area contributed by atoms with Gasteiger partial charge in [0.15, 0.2) is 17.2 Å². The van der Waals surface area contributed by atoms with Gasteiger partial charge in [0.05, 0.1) is 7.11 Å². The largest absolute Gasteiger partial charge is 0.493 e. The smallest absolute Gasteiger partial charge is 0.417 e. The molecule has 0 bridgehead atoms. The van der Waals surface area contributed by atoms with E-state index in [2.05, 4.69) is 0 Å². The summed E-state index contributed by atoms with van der Waals surface area (Å²) in [7, 11) is 1.20. The maximum atomic E-state index is 14.0. The van der Waals surface area contributed by atoms with Crippen LogP contribution in [0.3, 0.4) is 0 Å². The van der Waals surface area contributed by atoms with Crippen molar-refractivity contribution in [3.05, 3.63) is 64.2 Å². The van der Waals surface area contributed by atoms with Crippen molar-refractivity contribution in [2.75, 3.05) is 7.11 Å². The summed E-state index contributed by atoms with van der Waals surface area (Å²) in [5, 5.41) is 10.6. The third-order valence-corrected chi connectivity index (χ3v) is 4.89. The molecule has 2 rings (SSSR count). The van der Waals surface area contributed by atoms with Gasteiger partial charge in [-0.1, -0.05) is 37.6 Å². The quantitative estimate of drug-likeness (QED) is 0.593. The van der Waals surface area contributed by atoms with Gasteiger partial charge >= 0.3 is 6.18 Å². The standard InChI is InChI=1S/C20H20ClF5O2/c1-18(2,14-5-4-6-16(23)17(14)28-3)11-19(27,20(24,25)26)10-12-9-13(21)7-8-15(12)22/h4-9,27H,10-11H2,1-3H3. The topological polar surface area (TPSA) is 29.5 Å². The van der Waals surface area contributed by atoms with Crippen LogP contribution in [0.5, 0.6) is 5.75 Å². The first-order valence-corrected chi connectivity index (χ1v) is 8.74. The SMILES string of the molecule is COc1c(F)cccc1C(C)(C)CC(O)(Cc1cc(Cl)ccc1F)C(F)(F)F. The molecular formula is C20H20ClF5O2. The summed E-state index contributed by atoms with van der Waals surface area (Å²) in [5.41, 5.74) is -4.84. The summed E-state index contributed by atoms with van der Waals surface area (Å²) in [4.78, 5) is 0. The Hall–Kier alpha value is -1.86. The number of benzene rings is 2. The van der Waals surface area contributed by atoms with E-state index in [0.717, 1.165) is 18.2 Å². The minimum atomic E-state index is -5.07. The Balaban J connectivity index is 2.49. The van der Waals surface area contributed by atoms with Crippen LogP contribution in [0.1, 0.15) is 31.4 Å². The van der Waals surface area contributed by atoms with Crippen LogP contribution in [-0.4, -0.2) is 24.0 Å². The second-order valence-corrected chi connectivity index (χ2v) is 7.76. The zero-order valence-corrected chi connectivity index (χ0v) is 16.3. The Morgan fingerprint density at radius 2 is 1.68 bits per heavy atom. The molecule has 2 nitrogen and oxygen atoms in total. The third-order valence-electron chi connectivity index (χ3n) is 4.65. The lowest BCUT2D eigenvalue weighted by Crippen LogP contribution is -2.51. The van der Waals surface area contributed by atoms with Crippen molar-refractivity contribution in [3.8, 4) is 5.75 Å². The van der Waals surface area contributed by atoms with E-state index < -0.39 is 41.7 Å². The maximum Gasteiger partial charge on any atom is 0.417 e. The molecule has 0 aromatic heterocycles. The van der Waals surface area contributed by atoms with Gasteiger partial charge in [-0.15, -0.1) is 0 Å². The highest BCUT2D eigenvalue weighted by Crippen LogP contribution is 2.45. The summed E-state index contributed by atoms with van der Waals surface area (Å²) in [5.74, 6) is -1.84. The molecular weight excluding hydrogens is 403 g/mol. The lowest BCUT2D eigenvalue weighted by Gasteiger charge is -2.38. The Labute approximate surface area is 164 Å². The van der Waals surface area contributed by atoms with Gasteiger partial charge in [0.2, 0.25) is 0 Å². The number of ether oxygens (including phenoxy) is 1. The van der Waals surface area contributed by atoms with Gasteiger partial charge in [-0.25, -0.2) is 8.78 Å². The van der Waals surface area contributed by atoms with Crippen LogP contribution >= 0.6 is 11.6 Å². The van der Waals surface area contributed by atoms with Gasteiger partial charge in [-0.3, -0.25) is 0 Å². The van der Waals surface area contributed by atoms with Crippen molar-refractivity contribution in [3.63, 3.8) is 0 Å². The molecule has 1 N–H and O–H groups in total. The Bertz CT molecular complexity index is 851. The number of methoxy groups -OCH3 is 1. The zero-order chi connectivity index (χ0) is 21.3. The van der Waals surface area contributed by atoms with Gasteiger partial charge < -0.3 is 9.84 Å². The minimum Gasteiger partial charge on any atom is -0.493 e. The fourth-order valence-electron chi connectivity index (χ4n) is 3.33. The van der Waals surface area contributed by atoms with E-state index in [9.17, 15) is 27.1 Å².